The molecule has 1 saturated carbocycles. The third kappa shape index (κ3) is 4.32. The summed E-state index contributed by atoms with van der Waals surface area (Å²) >= 11 is 0. The van der Waals surface area contributed by atoms with E-state index < -0.39 is 0 Å². The fourth-order valence-corrected chi connectivity index (χ4v) is 6.08. The summed E-state index contributed by atoms with van der Waals surface area (Å²) in [6, 6.07) is 8.41. The molecule has 0 radical (unpaired) electrons. The molecule has 0 spiro atoms. The van der Waals surface area contributed by atoms with E-state index in [1.807, 2.05) is 0 Å². The standard InChI is InChI=1S/C27H38N6/c1-5-6-14-28-26-31-25-23(32-33-26)19-11-7-8-12-22(19)29-24(30-25)20-16-21-18(15-17(20)2)10-9-13-27(21,3)4/h7-8,10-12,17,20-21,24,29H,5-6,9,13-16H2,1-4H3,(H2,28,30,31,33). The lowest BCUT2D eigenvalue weighted by Gasteiger charge is -2.48. The number of rotatable bonds is 5. The van der Waals surface area contributed by atoms with E-state index in [-0.39, 0.29) is 6.17 Å². The first-order chi connectivity index (χ1) is 16.0. The molecule has 2 heterocycles. The van der Waals surface area contributed by atoms with Gasteiger partial charge in [-0.25, -0.2) is 0 Å². The van der Waals surface area contributed by atoms with Gasteiger partial charge < -0.3 is 16.0 Å². The van der Waals surface area contributed by atoms with Crippen molar-refractivity contribution in [1.82, 2.24) is 15.2 Å². The second kappa shape index (κ2) is 8.96. The number of fused-ring (bicyclic) bond motifs is 4. The zero-order chi connectivity index (χ0) is 23.0. The molecule has 176 valence electrons. The first-order valence-corrected chi connectivity index (χ1v) is 12.8. The Labute approximate surface area is 198 Å². The van der Waals surface area contributed by atoms with Gasteiger partial charge in [0.1, 0.15) is 11.9 Å². The van der Waals surface area contributed by atoms with Gasteiger partial charge in [0.2, 0.25) is 5.95 Å². The maximum atomic E-state index is 4.88. The second-order valence-corrected chi connectivity index (χ2v) is 10.9. The van der Waals surface area contributed by atoms with Crippen molar-refractivity contribution in [3.8, 4) is 11.3 Å². The van der Waals surface area contributed by atoms with E-state index in [2.05, 4.69) is 84.2 Å². The molecular weight excluding hydrogens is 408 g/mol. The molecule has 3 N–H and O–H groups in total. The Hall–Kier alpha value is -2.63. The van der Waals surface area contributed by atoms with Crippen LogP contribution in [0.15, 0.2) is 35.9 Å². The summed E-state index contributed by atoms with van der Waals surface area (Å²) in [6.07, 6.45) is 9.76. The lowest BCUT2D eigenvalue weighted by atomic mass is 9.58. The molecule has 1 aromatic carbocycles. The van der Waals surface area contributed by atoms with Crippen molar-refractivity contribution in [2.45, 2.75) is 72.4 Å². The highest BCUT2D eigenvalue weighted by Gasteiger charge is 2.44. The second-order valence-electron chi connectivity index (χ2n) is 10.9. The maximum absolute atomic E-state index is 4.88. The monoisotopic (exact) mass is 446 g/mol. The topological polar surface area (TPSA) is 74.8 Å². The lowest BCUT2D eigenvalue weighted by Crippen LogP contribution is -2.46. The number of aromatic nitrogens is 3. The number of benzene rings is 1. The minimum Gasteiger partial charge on any atom is -0.365 e. The minimum atomic E-state index is 0.0990. The Balaban J connectivity index is 1.48. The molecule has 3 aliphatic rings. The van der Waals surface area contributed by atoms with Gasteiger partial charge in [0.05, 0.1) is 0 Å². The van der Waals surface area contributed by atoms with Crippen LogP contribution in [0.2, 0.25) is 0 Å². The van der Waals surface area contributed by atoms with Crippen molar-refractivity contribution in [3.05, 3.63) is 35.9 Å². The van der Waals surface area contributed by atoms with Crippen LogP contribution in [-0.4, -0.2) is 27.9 Å². The number of para-hydroxylation sites is 1. The van der Waals surface area contributed by atoms with E-state index in [0.29, 0.717) is 29.1 Å². The number of unbranched alkanes of at least 4 members (excludes halogenated alkanes) is 1. The molecule has 4 unspecified atom stereocenters. The van der Waals surface area contributed by atoms with Crippen molar-refractivity contribution >= 4 is 17.5 Å². The predicted molar refractivity (Wildman–Crippen MR) is 136 cm³/mol. The molecule has 2 aliphatic carbocycles. The summed E-state index contributed by atoms with van der Waals surface area (Å²) in [5, 5.41) is 19.9. The molecular formula is C27H38N6. The molecule has 1 aliphatic heterocycles. The minimum absolute atomic E-state index is 0.0990. The van der Waals surface area contributed by atoms with Crippen molar-refractivity contribution in [2.75, 3.05) is 22.5 Å². The predicted octanol–water partition coefficient (Wildman–Crippen LogP) is 6.32. The molecule has 6 nitrogen and oxygen atoms in total. The number of hydrogen-bond donors (Lipinski definition) is 3. The van der Waals surface area contributed by atoms with Crippen LogP contribution in [0.1, 0.15) is 66.2 Å². The highest BCUT2D eigenvalue weighted by Crippen LogP contribution is 2.52. The fraction of sp³-hybridized carbons (Fsp3) is 0.593. The average Bonchev–Trinajstić information content (AvgIpc) is 2.95. The van der Waals surface area contributed by atoms with Crippen LogP contribution >= 0.6 is 0 Å². The first-order valence-electron chi connectivity index (χ1n) is 12.8. The SMILES string of the molecule is CCCCNc1nnc2c(n1)NC(C1CC3C(=CCCC3(C)C)CC1C)Nc1ccccc1-2. The maximum Gasteiger partial charge on any atom is 0.244 e. The quantitative estimate of drug-likeness (QED) is 0.368. The van der Waals surface area contributed by atoms with Crippen LogP contribution in [0.3, 0.4) is 0 Å². The molecule has 0 bridgehead atoms. The summed E-state index contributed by atoms with van der Waals surface area (Å²) in [5.41, 5.74) is 5.04. The molecule has 2 aromatic rings. The van der Waals surface area contributed by atoms with Crippen LogP contribution in [0, 0.1) is 23.2 Å². The molecule has 5 rings (SSSR count). The molecule has 0 amide bonds. The van der Waals surface area contributed by atoms with Crippen LogP contribution in [0.5, 0.6) is 0 Å². The Kier molecular flexibility index (Phi) is 6.02. The number of allylic oxidation sites excluding steroid dienone is 2. The summed E-state index contributed by atoms with van der Waals surface area (Å²) in [4.78, 5) is 4.88. The van der Waals surface area contributed by atoms with E-state index in [9.17, 15) is 0 Å². The van der Waals surface area contributed by atoms with E-state index >= 15 is 0 Å². The van der Waals surface area contributed by atoms with Crippen LogP contribution in [0.25, 0.3) is 11.3 Å². The van der Waals surface area contributed by atoms with Crippen molar-refractivity contribution < 1.29 is 0 Å². The first kappa shape index (κ1) is 22.2. The van der Waals surface area contributed by atoms with E-state index in [1.165, 1.54) is 25.7 Å². The van der Waals surface area contributed by atoms with Crippen LogP contribution in [0.4, 0.5) is 17.5 Å². The Morgan fingerprint density at radius 1 is 1.15 bits per heavy atom. The highest BCUT2D eigenvalue weighted by atomic mass is 15.3. The molecule has 6 heteroatoms. The summed E-state index contributed by atoms with van der Waals surface area (Å²) in [6.45, 7) is 10.4. The average molecular weight is 447 g/mol. The summed E-state index contributed by atoms with van der Waals surface area (Å²) < 4.78 is 0. The van der Waals surface area contributed by atoms with Crippen molar-refractivity contribution in [2.24, 2.45) is 23.2 Å². The van der Waals surface area contributed by atoms with E-state index in [4.69, 9.17) is 4.98 Å². The number of nitrogens with one attached hydrogen (secondary N) is 3. The van der Waals surface area contributed by atoms with Gasteiger partial charge in [-0.3, -0.25) is 0 Å². The third-order valence-corrected chi connectivity index (χ3v) is 8.10. The molecule has 33 heavy (non-hydrogen) atoms. The normalized spacial score (nSPS) is 27.6. The van der Waals surface area contributed by atoms with Gasteiger partial charge in [0, 0.05) is 23.7 Å². The van der Waals surface area contributed by atoms with Crippen molar-refractivity contribution in [3.63, 3.8) is 0 Å². The summed E-state index contributed by atoms with van der Waals surface area (Å²) in [7, 11) is 0. The molecule has 4 atom stereocenters. The van der Waals surface area contributed by atoms with Gasteiger partial charge in [-0.2, -0.15) is 4.98 Å². The van der Waals surface area contributed by atoms with Gasteiger partial charge in [-0.05, 0) is 55.4 Å². The number of nitrogens with zero attached hydrogens (tertiary/aromatic N) is 3. The Morgan fingerprint density at radius 2 is 2.00 bits per heavy atom. The van der Waals surface area contributed by atoms with Crippen LogP contribution in [-0.2, 0) is 0 Å². The molecule has 0 saturated heterocycles. The Bertz CT molecular complexity index is 1030. The lowest BCUT2D eigenvalue weighted by molar-refractivity contribution is 0.118. The van der Waals surface area contributed by atoms with Gasteiger partial charge in [-0.1, -0.05) is 64.0 Å². The summed E-state index contributed by atoms with van der Waals surface area (Å²) in [5.74, 6) is 3.17. The highest BCUT2D eigenvalue weighted by molar-refractivity contribution is 5.84. The van der Waals surface area contributed by atoms with E-state index in [0.717, 1.165) is 42.1 Å². The van der Waals surface area contributed by atoms with Gasteiger partial charge >= 0.3 is 0 Å². The van der Waals surface area contributed by atoms with Gasteiger partial charge in [0.15, 0.2) is 5.82 Å². The third-order valence-electron chi connectivity index (χ3n) is 8.10. The zero-order valence-corrected chi connectivity index (χ0v) is 20.5. The zero-order valence-electron chi connectivity index (χ0n) is 20.5. The van der Waals surface area contributed by atoms with Gasteiger partial charge in [-0.15, -0.1) is 10.2 Å². The van der Waals surface area contributed by atoms with Crippen LogP contribution < -0.4 is 16.0 Å². The Morgan fingerprint density at radius 3 is 2.85 bits per heavy atom. The molecule has 1 fully saturated rings. The largest absolute Gasteiger partial charge is 0.365 e. The van der Waals surface area contributed by atoms with Gasteiger partial charge in [0.25, 0.3) is 0 Å². The molecule has 1 aromatic heterocycles. The number of hydrogen-bond acceptors (Lipinski definition) is 6. The van der Waals surface area contributed by atoms with E-state index in [1.54, 1.807) is 5.57 Å². The number of anilines is 3. The smallest absolute Gasteiger partial charge is 0.244 e. The van der Waals surface area contributed by atoms with Crippen molar-refractivity contribution in [1.29, 1.82) is 0 Å². The fourth-order valence-electron chi connectivity index (χ4n) is 6.08.